The average Bonchev–Trinajstić information content (AvgIpc) is 2.82. The molecule has 2 N–H and O–H groups in total. The van der Waals surface area contributed by atoms with Gasteiger partial charge in [0.15, 0.2) is 0 Å². The van der Waals surface area contributed by atoms with Gasteiger partial charge in [-0.2, -0.15) is 0 Å². The van der Waals surface area contributed by atoms with Crippen LogP contribution >= 0.6 is 11.6 Å². The third kappa shape index (κ3) is 3.59. The summed E-state index contributed by atoms with van der Waals surface area (Å²) >= 11 is 6.10. The van der Waals surface area contributed by atoms with E-state index in [-0.39, 0.29) is 17.7 Å². The first kappa shape index (κ1) is 20.8. The van der Waals surface area contributed by atoms with Crippen LogP contribution in [0.5, 0.6) is 0 Å². The van der Waals surface area contributed by atoms with Crippen LogP contribution in [0.25, 0.3) is 0 Å². The molecule has 3 aliphatic rings. The maximum absolute atomic E-state index is 12.8. The van der Waals surface area contributed by atoms with Crippen molar-refractivity contribution in [1.82, 2.24) is 10.6 Å². The van der Waals surface area contributed by atoms with E-state index >= 15 is 0 Å². The highest BCUT2D eigenvalue weighted by atomic mass is 35.5. The topological polar surface area (TPSA) is 58.2 Å². The normalized spacial score (nSPS) is 21.2. The van der Waals surface area contributed by atoms with Gasteiger partial charge in [0.25, 0.3) is 5.91 Å². The summed E-state index contributed by atoms with van der Waals surface area (Å²) in [5, 5.41) is 6.21. The van der Waals surface area contributed by atoms with Gasteiger partial charge in [-0.25, -0.2) is 0 Å². The first-order valence-corrected chi connectivity index (χ1v) is 11.4. The smallest absolute Gasteiger partial charge is 0.253 e. The number of hydrogen-bond donors (Lipinski definition) is 2. The van der Waals surface area contributed by atoms with Crippen LogP contribution in [-0.2, 0) is 4.79 Å². The summed E-state index contributed by atoms with van der Waals surface area (Å²) < 4.78 is 0. The van der Waals surface area contributed by atoms with Crippen LogP contribution in [0.1, 0.15) is 57.8 Å². The molecule has 2 amide bonds. The molecule has 3 aliphatic carbocycles. The van der Waals surface area contributed by atoms with Crippen LogP contribution in [0.4, 0.5) is 0 Å². The van der Waals surface area contributed by atoms with Gasteiger partial charge in [-0.3, -0.25) is 9.59 Å². The van der Waals surface area contributed by atoms with Gasteiger partial charge >= 0.3 is 0 Å². The van der Waals surface area contributed by atoms with Crippen LogP contribution in [0.15, 0.2) is 72.8 Å². The molecule has 0 radical (unpaired) electrons. The van der Waals surface area contributed by atoms with E-state index in [1.54, 1.807) is 31.2 Å². The fourth-order valence-electron chi connectivity index (χ4n) is 5.33. The maximum atomic E-state index is 12.8. The van der Waals surface area contributed by atoms with Gasteiger partial charge in [-0.15, -0.1) is 0 Å². The molecule has 6 rings (SSSR count). The van der Waals surface area contributed by atoms with E-state index in [0.29, 0.717) is 29.0 Å². The van der Waals surface area contributed by atoms with E-state index in [4.69, 9.17) is 11.6 Å². The lowest BCUT2D eigenvalue weighted by molar-refractivity contribution is -0.122. The molecule has 2 unspecified atom stereocenters. The predicted molar refractivity (Wildman–Crippen MR) is 126 cm³/mol. The average molecular weight is 445 g/mol. The van der Waals surface area contributed by atoms with Gasteiger partial charge in [0.05, 0.1) is 10.6 Å². The number of hydrogen-bond acceptors (Lipinski definition) is 2. The number of carbonyl (C=O) groups is 2. The Morgan fingerprint density at radius 1 is 0.906 bits per heavy atom. The molecule has 0 saturated heterocycles. The highest BCUT2D eigenvalue weighted by Gasteiger charge is 2.43. The van der Waals surface area contributed by atoms with Crippen LogP contribution in [0, 0.1) is 5.92 Å². The Morgan fingerprint density at radius 3 is 2.09 bits per heavy atom. The van der Waals surface area contributed by atoms with Crippen LogP contribution < -0.4 is 10.6 Å². The Balaban J connectivity index is 1.28. The van der Waals surface area contributed by atoms with Crippen molar-refractivity contribution in [2.45, 2.75) is 31.2 Å². The molecule has 2 bridgehead atoms. The van der Waals surface area contributed by atoms with E-state index < -0.39 is 6.04 Å². The van der Waals surface area contributed by atoms with Gasteiger partial charge in [0.2, 0.25) is 5.91 Å². The number of amides is 2. The molecule has 2 atom stereocenters. The second kappa shape index (κ2) is 8.44. The summed E-state index contributed by atoms with van der Waals surface area (Å²) in [6.45, 7) is 2.27. The molecule has 0 aromatic heterocycles. The van der Waals surface area contributed by atoms with Crippen molar-refractivity contribution in [3.63, 3.8) is 0 Å². The summed E-state index contributed by atoms with van der Waals surface area (Å²) in [6, 6.07) is 23.5. The Morgan fingerprint density at radius 2 is 1.47 bits per heavy atom. The van der Waals surface area contributed by atoms with Crippen LogP contribution in [0.2, 0.25) is 5.02 Å². The third-order valence-electron chi connectivity index (χ3n) is 6.82. The number of carbonyl (C=O) groups excluding carboxylic acids is 2. The number of halogens is 1. The molecular formula is C27H25ClN2O2. The van der Waals surface area contributed by atoms with Crippen molar-refractivity contribution in [3.05, 3.63) is 106 Å². The minimum atomic E-state index is -0.654. The zero-order valence-corrected chi connectivity index (χ0v) is 18.6. The molecule has 32 heavy (non-hydrogen) atoms. The number of nitrogens with one attached hydrogen (secondary N) is 2. The second-order valence-corrected chi connectivity index (χ2v) is 9.11. The fourth-order valence-corrected chi connectivity index (χ4v) is 5.55. The van der Waals surface area contributed by atoms with Crippen molar-refractivity contribution in [1.29, 1.82) is 0 Å². The van der Waals surface area contributed by atoms with Gasteiger partial charge in [0, 0.05) is 18.4 Å². The lowest BCUT2D eigenvalue weighted by Gasteiger charge is -2.45. The van der Waals surface area contributed by atoms with E-state index in [2.05, 4.69) is 59.2 Å². The number of benzene rings is 3. The highest BCUT2D eigenvalue weighted by Crippen LogP contribution is 2.55. The number of fused-ring (bicyclic) bond motifs is 1. The predicted octanol–water partition coefficient (Wildman–Crippen LogP) is 4.87. The zero-order chi connectivity index (χ0) is 22.2. The lowest BCUT2D eigenvalue weighted by Crippen LogP contribution is -2.47. The molecule has 0 aliphatic heterocycles. The highest BCUT2D eigenvalue weighted by molar-refractivity contribution is 6.33. The lowest BCUT2D eigenvalue weighted by atomic mass is 9.59. The summed E-state index contributed by atoms with van der Waals surface area (Å²) in [4.78, 5) is 25.3. The van der Waals surface area contributed by atoms with E-state index in [1.165, 1.54) is 22.3 Å². The fraction of sp³-hybridized carbons (Fsp3) is 0.259. The Hall–Kier alpha value is -3.11. The zero-order valence-electron chi connectivity index (χ0n) is 17.8. The standard InChI is InChI=1S/C27H25ClN2O2/c1-16(30-27(32)22-12-6-7-13-24(22)28)26(31)29-15-17-14-23-18-8-2-4-10-20(18)25(17)21-11-5-3-9-19(21)23/h2-13,16-17,23,25H,14-15H2,1H3,(H,29,31)(H,30,32). The summed E-state index contributed by atoms with van der Waals surface area (Å²) in [5.41, 5.74) is 5.95. The molecule has 0 spiro atoms. The van der Waals surface area contributed by atoms with E-state index in [1.807, 2.05) is 0 Å². The Labute approximate surface area is 193 Å². The molecule has 0 saturated carbocycles. The molecule has 0 heterocycles. The van der Waals surface area contributed by atoms with Gasteiger partial charge < -0.3 is 10.6 Å². The summed E-state index contributed by atoms with van der Waals surface area (Å²) in [7, 11) is 0. The minimum Gasteiger partial charge on any atom is -0.354 e. The summed E-state index contributed by atoms with van der Waals surface area (Å²) in [6.07, 6.45) is 1.01. The molecule has 3 aromatic carbocycles. The van der Waals surface area contributed by atoms with E-state index in [0.717, 1.165) is 6.42 Å². The second-order valence-electron chi connectivity index (χ2n) is 8.70. The summed E-state index contributed by atoms with van der Waals surface area (Å²) in [5.74, 6) is 0.429. The van der Waals surface area contributed by atoms with Crippen LogP contribution in [0.3, 0.4) is 0 Å². The van der Waals surface area contributed by atoms with Gasteiger partial charge in [0.1, 0.15) is 6.04 Å². The van der Waals surface area contributed by atoms with Crippen molar-refractivity contribution in [2.24, 2.45) is 5.92 Å². The van der Waals surface area contributed by atoms with Gasteiger partial charge in [-0.05, 0) is 53.6 Å². The first-order valence-electron chi connectivity index (χ1n) is 11.1. The molecule has 3 aromatic rings. The Bertz CT molecular complexity index is 1140. The van der Waals surface area contributed by atoms with Crippen molar-refractivity contribution < 1.29 is 9.59 Å². The van der Waals surface area contributed by atoms with Gasteiger partial charge in [-0.1, -0.05) is 72.3 Å². The number of rotatable bonds is 5. The first-order chi connectivity index (χ1) is 15.5. The third-order valence-corrected chi connectivity index (χ3v) is 7.15. The quantitative estimate of drug-likeness (QED) is 0.589. The SMILES string of the molecule is CC(NC(=O)c1ccccc1Cl)C(=O)NCC1CC2c3ccccc3C1c1ccccc12. The molecule has 4 nitrogen and oxygen atoms in total. The maximum Gasteiger partial charge on any atom is 0.253 e. The van der Waals surface area contributed by atoms with Crippen molar-refractivity contribution in [3.8, 4) is 0 Å². The van der Waals surface area contributed by atoms with Crippen molar-refractivity contribution in [2.75, 3.05) is 6.54 Å². The molecule has 162 valence electrons. The molecule has 0 fully saturated rings. The minimum absolute atomic E-state index is 0.187. The molecule has 5 heteroatoms. The van der Waals surface area contributed by atoms with E-state index in [9.17, 15) is 9.59 Å². The Kier molecular flexibility index (Phi) is 5.48. The van der Waals surface area contributed by atoms with Crippen LogP contribution in [-0.4, -0.2) is 24.4 Å². The monoisotopic (exact) mass is 444 g/mol. The molecular weight excluding hydrogens is 420 g/mol. The largest absolute Gasteiger partial charge is 0.354 e. The van der Waals surface area contributed by atoms with Crippen molar-refractivity contribution >= 4 is 23.4 Å².